The predicted octanol–water partition coefficient (Wildman–Crippen LogP) is 2.00. The van der Waals surface area contributed by atoms with Crippen molar-refractivity contribution in [2.24, 2.45) is 0 Å². The molecule has 2 N–H and O–H groups in total. The van der Waals surface area contributed by atoms with Gasteiger partial charge in [-0.3, -0.25) is 4.79 Å². The highest BCUT2D eigenvalue weighted by Gasteiger charge is 2.33. The first-order chi connectivity index (χ1) is 11.8. The number of hydrogen-bond acceptors (Lipinski definition) is 4. The number of benzene rings is 1. The van der Waals surface area contributed by atoms with Crippen molar-refractivity contribution in [1.82, 2.24) is 25.6 Å². The van der Waals surface area contributed by atoms with Crippen molar-refractivity contribution in [2.45, 2.75) is 69.6 Å². The lowest BCUT2D eigenvalue weighted by Gasteiger charge is -2.41. The van der Waals surface area contributed by atoms with Gasteiger partial charge in [0.05, 0.1) is 0 Å². The van der Waals surface area contributed by atoms with Gasteiger partial charge in [-0.1, -0.05) is 31.4 Å². The van der Waals surface area contributed by atoms with E-state index in [1.807, 2.05) is 24.3 Å². The van der Waals surface area contributed by atoms with Crippen molar-refractivity contribution in [3.63, 3.8) is 0 Å². The molecule has 0 saturated heterocycles. The van der Waals surface area contributed by atoms with Gasteiger partial charge in [-0.05, 0) is 37.8 Å². The Balaban J connectivity index is 1.29. The van der Waals surface area contributed by atoms with Gasteiger partial charge < -0.3 is 10.6 Å². The first-order valence-electron chi connectivity index (χ1n) is 9.13. The average Bonchev–Trinajstić information content (AvgIpc) is 3.00. The summed E-state index contributed by atoms with van der Waals surface area (Å²) in [6, 6.07) is 9.00. The van der Waals surface area contributed by atoms with Crippen molar-refractivity contribution in [3.8, 4) is 0 Å². The zero-order valence-electron chi connectivity index (χ0n) is 13.9. The first-order valence-corrected chi connectivity index (χ1v) is 9.13. The number of nitrogens with one attached hydrogen (secondary N) is 2. The van der Waals surface area contributed by atoms with Crippen LogP contribution >= 0.6 is 0 Å². The minimum absolute atomic E-state index is 0.00421. The van der Waals surface area contributed by atoms with Gasteiger partial charge in [0, 0.05) is 18.1 Å². The number of hydrogen-bond donors (Lipinski definition) is 2. The quantitative estimate of drug-likeness (QED) is 0.881. The fourth-order valence-corrected chi connectivity index (χ4v) is 3.80. The van der Waals surface area contributed by atoms with Crippen molar-refractivity contribution >= 4 is 16.9 Å². The Kier molecular flexibility index (Phi) is 4.47. The molecule has 1 aromatic heterocycles. The van der Waals surface area contributed by atoms with Crippen LogP contribution in [0, 0.1) is 0 Å². The van der Waals surface area contributed by atoms with E-state index in [0.29, 0.717) is 12.1 Å². The second-order valence-corrected chi connectivity index (χ2v) is 7.08. The maximum Gasteiger partial charge on any atom is 0.243 e. The highest BCUT2D eigenvalue weighted by atomic mass is 16.2. The summed E-state index contributed by atoms with van der Waals surface area (Å²) in [6.07, 6.45) is 8.81. The zero-order chi connectivity index (χ0) is 16.4. The van der Waals surface area contributed by atoms with E-state index in [1.165, 1.54) is 36.9 Å². The van der Waals surface area contributed by atoms with Gasteiger partial charge in [-0.15, -0.1) is 0 Å². The van der Waals surface area contributed by atoms with Crippen LogP contribution < -0.4 is 10.6 Å². The summed E-state index contributed by atoms with van der Waals surface area (Å²) in [5.74, 6) is -0.00421. The number of nitrogens with zero attached hydrogens (tertiary/aromatic N) is 3. The van der Waals surface area contributed by atoms with Crippen LogP contribution in [0.25, 0.3) is 11.0 Å². The Labute approximate surface area is 142 Å². The second kappa shape index (κ2) is 6.89. The molecule has 6 heteroatoms. The summed E-state index contributed by atoms with van der Waals surface area (Å²) in [5, 5.41) is 15.6. The second-order valence-electron chi connectivity index (χ2n) is 7.08. The van der Waals surface area contributed by atoms with E-state index in [-0.39, 0.29) is 18.5 Å². The molecule has 0 unspecified atom stereocenters. The highest BCUT2D eigenvalue weighted by molar-refractivity contribution is 5.77. The van der Waals surface area contributed by atoms with E-state index >= 15 is 0 Å². The predicted molar refractivity (Wildman–Crippen MR) is 92.5 cm³/mol. The normalized spacial score (nSPS) is 24.7. The van der Waals surface area contributed by atoms with E-state index in [0.717, 1.165) is 23.9 Å². The number of amides is 1. The number of aromatic nitrogens is 3. The molecule has 1 amide bonds. The standard InChI is InChI=1S/C18H25N5O/c24-18(12-23-21-16-8-4-5-9-17(16)22-23)20-15-11-10-14(15)19-13-6-2-1-3-7-13/h4-5,8-9,13-15,19H,1-3,6-7,10-12H2,(H,20,24)/t14-,15+/m0/s1. The van der Waals surface area contributed by atoms with Gasteiger partial charge in [0.2, 0.25) is 5.91 Å². The fraction of sp³-hybridized carbons (Fsp3) is 0.611. The highest BCUT2D eigenvalue weighted by Crippen LogP contribution is 2.24. The molecule has 0 bridgehead atoms. The Hall–Kier alpha value is -1.95. The van der Waals surface area contributed by atoms with Gasteiger partial charge in [-0.2, -0.15) is 15.0 Å². The minimum atomic E-state index is -0.00421. The van der Waals surface area contributed by atoms with Gasteiger partial charge in [0.1, 0.15) is 17.6 Å². The summed E-state index contributed by atoms with van der Waals surface area (Å²) in [6.45, 7) is 0.182. The van der Waals surface area contributed by atoms with Gasteiger partial charge in [0.15, 0.2) is 0 Å². The minimum Gasteiger partial charge on any atom is -0.350 e. The van der Waals surface area contributed by atoms with E-state index in [9.17, 15) is 4.79 Å². The average molecular weight is 327 g/mol. The first kappa shape index (κ1) is 15.6. The largest absolute Gasteiger partial charge is 0.350 e. The number of carbonyl (C=O) groups excluding carboxylic acids is 1. The molecule has 1 aromatic carbocycles. The summed E-state index contributed by atoms with van der Waals surface area (Å²) in [5.41, 5.74) is 1.65. The van der Waals surface area contributed by atoms with Crippen molar-refractivity contribution in [3.05, 3.63) is 24.3 Å². The van der Waals surface area contributed by atoms with Crippen LogP contribution in [0.4, 0.5) is 0 Å². The van der Waals surface area contributed by atoms with E-state index in [4.69, 9.17) is 0 Å². The number of fused-ring (bicyclic) bond motifs is 1. The zero-order valence-corrected chi connectivity index (χ0v) is 13.9. The monoisotopic (exact) mass is 327 g/mol. The van der Waals surface area contributed by atoms with Gasteiger partial charge >= 0.3 is 0 Å². The smallest absolute Gasteiger partial charge is 0.243 e. The fourth-order valence-electron chi connectivity index (χ4n) is 3.80. The number of rotatable bonds is 5. The Bertz CT molecular complexity index is 673. The lowest BCUT2D eigenvalue weighted by Crippen LogP contribution is -2.59. The third-order valence-corrected chi connectivity index (χ3v) is 5.29. The molecule has 24 heavy (non-hydrogen) atoms. The molecule has 2 fully saturated rings. The van der Waals surface area contributed by atoms with Crippen molar-refractivity contribution in [1.29, 1.82) is 0 Å². The van der Waals surface area contributed by atoms with Gasteiger partial charge in [0.25, 0.3) is 0 Å². The topological polar surface area (TPSA) is 71.8 Å². The lowest BCUT2D eigenvalue weighted by molar-refractivity contribution is -0.123. The van der Waals surface area contributed by atoms with Crippen LogP contribution in [0.15, 0.2) is 24.3 Å². The third-order valence-electron chi connectivity index (χ3n) is 5.29. The van der Waals surface area contributed by atoms with Crippen LogP contribution in [0.1, 0.15) is 44.9 Å². The maximum absolute atomic E-state index is 12.3. The summed E-state index contributed by atoms with van der Waals surface area (Å²) >= 11 is 0. The Morgan fingerprint density at radius 2 is 1.67 bits per heavy atom. The van der Waals surface area contributed by atoms with Crippen molar-refractivity contribution in [2.75, 3.05) is 0 Å². The maximum atomic E-state index is 12.3. The molecule has 2 aliphatic rings. The van der Waals surface area contributed by atoms with E-state index < -0.39 is 0 Å². The van der Waals surface area contributed by atoms with Crippen molar-refractivity contribution < 1.29 is 4.79 Å². The summed E-state index contributed by atoms with van der Waals surface area (Å²) in [4.78, 5) is 13.8. The molecule has 2 aromatic rings. The molecular weight excluding hydrogens is 302 g/mol. The lowest BCUT2D eigenvalue weighted by atomic mass is 9.84. The molecule has 0 aliphatic heterocycles. The number of carbonyl (C=O) groups is 1. The van der Waals surface area contributed by atoms with E-state index in [1.54, 1.807) is 0 Å². The Morgan fingerprint density at radius 1 is 1.00 bits per heavy atom. The van der Waals surface area contributed by atoms with Crippen LogP contribution in [-0.4, -0.2) is 39.0 Å². The van der Waals surface area contributed by atoms with Crippen LogP contribution in [-0.2, 0) is 11.3 Å². The van der Waals surface area contributed by atoms with Crippen LogP contribution in [0.3, 0.4) is 0 Å². The molecule has 2 atom stereocenters. The SMILES string of the molecule is O=C(Cn1nc2ccccc2n1)N[C@@H]1CC[C@@H]1NC1CCCCC1. The molecule has 2 aliphatic carbocycles. The molecule has 6 nitrogen and oxygen atoms in total. The Morgan fingerprint density at radius 3 is 2.29 bits per heavy atom. The molecule has 2 saturated carbocycles. The summed E-state index contributed by atoms with van der Waals surface area (Å²) < 4.78 is 0. The van der Waals surface area contributed by atoms with Crippen LogP contribution in [0.5, 0.6) is 0 Å². The molecule has 0 spiro atoms. The molecule has 0 radical (unpaired) electrons. The molecule has 4 rings (SSSR count). The molecule has 1 heterocycles. The van der Waals surface area contributed by atoms with Gasteiger partial charge in [-0.25, -0.2) is 0 Å². The molecule has 128 valence electrons. The summed E-state index contributed by atoms with van der Waals surface area (Å²) in [7, 11) is 0. The van der Waals surface area contributed by atoms with E-state index in [2.05, 4.69) is 20.8 Å². The van der Waals surface area contributed by atoms with Crippen LogP contribution in [0.2, 0.25) is 0 Å². The third kappa shape index (κ3) is 3.43. The molecular formula is C18H25N5O.